The van der Waals surface area contributed by atoms with Gasteiger partial charge in [-0.1, -0.05) is 13.0 Å². The second-order valence-electron chi connectivity index (χ2n) is 5.14. The van der Waals surface area contributed by atoms with Gasteiger partial charge in [0.15, 0.2) is 0 Å². The number of rotatable bonds is 3. The minimum atomic E-state index is -0.390. The zero-order chi connectivity index (χ0) is 14.7. The molecule has 0 spiro atoms. The summed E-state index contributed by atoms with van der Waals surface area (Å²) in [6.07, 6.45) is 0. The van der Waals surface area contributed by atoms with Crippen LogP contribution in [0.15, 0.2) is 18.2 Å². The molecule has 1 unspecified atom stereocenters. The maximum atomic E-state index is 13.7. The molecule has 1 atom stereocenters. The van der Waals surface area contributed by atoms with Crippen LogP contribution >= 0.6 is 0 Å². The average Bonchev–Trinajstić information content (AvgIpc) is 2.46. The van der Waals surface area contributed by atoms with Crippen LogP contribution in [-0.2, 0) is 0 Å². The summed E-state index contributed by atoms with van der Waals surface area (Å²) >= 11 is 0. The maximum Gasteiger partial charge on any atom is 0.256 e. The van der Waals surface area contributed by atoms with E-state index in [0.29, 0.717) is 24.7 Å². The third kappa shape index (κ3) is 2.77. The van der Waals surface area contributed by atoms with Crippen molar-refractivity contribution in [1.29, 1.82) is 0 Å². The monoisotopic (exact) mass is 279 g/mol. The van der Waals surface area contributed by atoms with E-state index < -0.39 is 5.82 Å². The molecule has 4 nitrogen and oxygen atoms in total. The number of carbonyl (C=O) groups excluding carboxylic acids is 1. The summed E-state index contributed by atoms with van der Waals surface area (Å²) in [6.45, 7) is 7.48. The van der Waals surface area contributed by atoms with Gasteiger partial charge in [-0.2, -0.15) is 0 Å². The molecule has 2 rings (SSSR count). The van der Waals surface area contributed by atoms with Gasteiger partial charge in [0.2, 0.25) is 0 Å². The van der Waals surface area contributed by atoms with Crippen LogP contribution < -0.4 is 5.32 Å². The first kappa shape index (κ1) is 14.8. The Morgan fingerprint density at radius 1 is 1.45 bits per heavy atom. The molecule has 0 radical (unpaired) electrons. The Morgan fingerprint density at radius 3 is 2.80 bits per heavy atom. The van der Waals surface area contributed by atoms with E-state index in [-0.39, 0.29) is 11.6 Å². The lowest BCUT2D eigenvalue weighted by Gasteiger charge is -2.39. The number of halogens is 1. The maximum absolute atomic E-state index is 13.7. The summed E-state index contributed by atoms with van der Waals surface area (Å²) in [6, 6.07) is 4.95. The topological polar surface area (TPSA) is 35.6 Å². The van der Waals surface area contributed by atoms with Gasteiger partial charge in [-0.15, -0.1) is 0 Å². The Bertz CT molecular complexity index is 492. The van der Waals surface area contributed by atoms with E-state index in [4.69, 9.17) is 0 Å². The number of nitrogens with one attached hydrogen (secondary N) is 1. The molecule has 0 bridgehead atoms. The first-order valence-electron chi connectivity index (χ1n) is 7.08. The molecule has 20 heavy (non-hydrogen) atoms. The Balaban J connectivity index is 2.18. The number of nitrogens with zero attached hydrogens (tertiary/aromatic N) is 2. The lowest BCUT2D eigenvalue weighted by Crippen LogP contribution is -2.53. The number of likely N-dealkylation sites (N-methyl/N-ethyl adjacent to an activating group) is 1. The van der Waals surface area contributed by atoms with Crippen LogP contribution in [0.4, 0.5) is 10.1 Å². The van der Waals surface area contributed by atoms with Crippen LogP contribution in [0.25, 0.3) is 0 Å². The summed E-state index contributed by atoms with van der Waals surface area (Å²) in [5.74, 6) is -0.491. The van der Waals surface area contributed by atoms with E-state index in [1.807, 2.05) is 4.90 Å². The highest BCUT2D eigenvalue weighted by atomic mass is 19.1. The van der Waals surface area contributed by atoms with Gasteiger partial charge in [0.25, 0.3) is 5.91 Å². The van der Waals surface area contributed by atoms with Crippen molar-refractivity contribution in [2.24, 2.45) is 0 Å². The van der Waals surface area contributed by atoms with E-state index in [1.54, 1.807) is 19.2 Å². The first-order chi connectivity index (χ1) is 9.58. The number of hydrogen-bond acceptors (Lipinski definition) is 3. The molecule has 0 aromatic heterocycles. The quantitative estimate of drug-likeness (QED) is 0.919. The lowest BCUT2D eigenvalue weighted by molar-refractivity contribution is 0.0529. The van der Waals surface area contributed by atoms with E-state index in [0.717, 1.165) is 13.1 Å². The van der Waals surface area contributed by atoms with Crippen molar-refractivity contribution >= 4 is 11.6 Å². The van der Waals surface area contributed by atoms with Gasteiger partial charge in [0, 0.05) is 32.7 Å². The second kappa shape index (κ2) is 6.22. The van der Waals surface area contributed by atoms with Gasteiger partial charge in [-0.25, -0.2) is 4.39 Å². The molecule has 110 valence electrons. The van der Waals surface area contributed by atoms with Crippen molar-refractivity contribution in [3.8, 4) is 0 Å². The number of para-hydroxylation sites is 1. The van der Waals surface area contributed by atoms with Crippen molar-refractivity contribution in [2.45, 2.75) is 19.9 Å². The van der Waals surface area contributed by atoms with E-state index in [9.17, 15) is 9.18 Å². The van der Waals surface area contributed by atoms with Crippen molar-refractivity contribution in [3.05, 3.63) is 29.6 Å². The largest absolute Gasteiger partial charge is 0.385 e. The van der Waals surface area contributed by atoms with Gasteiger partial charge in [0.05, 0.1) is 11.3 Å². The van der Waals surface area contributed by atoms with E-state index in [1.165, 1.54) is 6.07 Å². The zero-order valence-corrected chi connectivity index (χ0v) is 12.3. The highest BCUT2D eigenvalue weighted by Crippen LogP contribution is 2.22. The normalized spacial score (nSPS) is 20.0. The third-order valence-electron chi connectivity index (χ3n) is 3.95. The molecule has 1 aliphatic heterocycles. The molecule has 1 N–H and O–H groups in total. The molecular formula is C15H22FN3O. The molecule has 1 aromatic rings. The fraction of sp³-hybridized carbons (Fsp3) is 0.533. The van der Waals surface area contributed by atoms with E-state index in [2.05, 4.69) is 24.1 Å². The fourth-order valence-corrected chi connectivity index (χ4v) is 2.78. The molecule has 0 aliphatic carbocycles. The van der Waals surface area contributed by atoms with Crippen molar-refractivity contribution in [2.75, 3.05) is 38.5 Å². The Labute approximate surface area is 119 Å². The molecule has 1 fully saturated rings. The van der Waals surface area contributed by atoms with Crippen molar-refractivity contribution in [1.82, 2.24) is 9.80 Å². The van der Waals surface area contributed by atoms with Crippen LogP contribution in [0.5, 0.6) is 0 Å². The predicted molar refractivity (Wildman–Crippen MR) is 78.6 cm³/mol. The van der Waals surface area contributed by atoms with Gasteiger partial charge in [-0.05, 0) is 25.6 Å². The summed E-state index contributed by atoms with van der Waals surface area (Å²) < 4.78 is 13.7. The Morgan fingerprint density at radius 2 is 2.20 bits per heavy atom. The minimum Gasteiger partial charge on any atom is -0.385 e. The Hall–Kier alpha value is -1.62. The van der Waals surface area contributed by atoms with Gasteiger partial charge in [0.1, 0.15) is 5.82 Å². The highest BCUT2D eigenvalue weighted by Gasteiger charge is 2.27. The highest BCUT2D eigenvalue weighted by molar-refractivity contribution is 5.99. The summed E-state index contributed by atoms with van der Waals surface area (Å²) in [7, 11) is 1.63. The molecule has 1 aliphatic rings. The number of amides is 1. The summed E-state index contributed by atoms with van der Waals surface area (Å²) in [4.78, 5) is 16.7. The third-order valence-corrected chi connectivity index (χ3v) is 3.95. The van der Waals surface area contributed by atoms with Crippen LogP contribution in [-0.4, -0.2) is 55.0 Å². The van der Waals surface area contributed by atoms with Gasteiger partial charge >= 0.3 is 0 Å². The average molecular weight is 279 g/mol. The summed E-state index contributed by atoms with van der Waals surface area (Å²) in [5.41, 5.74) is 0.688. The van der Waals surface area contributed by atoms with Gasteiger partial charge < -0.3 is 10.2 Å². The van der Waals surface area contributed by atoms with Gasteiger partial charge in [-0.3, -0.25) is 9.69 Å². The van der Waals surface area contributed by atoms with Crippen LogP contribution in [0.3, 0.4) is 0 Å². The smallest absolute Gasteiger partial charge is 0.256 e. The fourth-order valence-electron chi connectivity index (χ4n) is 2.78. The molecular weight excluding hydrogens is 257 g/mol. The molecule has 1 heterocycles. The van der Waals surface area contributed by atoms with Crippen LogP contribution in [0, 0.1) is 5.82 Å². The predicted octanol–water partition coefficient (Wildman–Crippen LogP) is 2.03. The number of benzene rings is 1. The van der Waals surface area contributed by atoms with Crippen molar-refractivity contribution in [3.63, 3.8) is 0 Å². The molecule has 5 heteroatoms. The number of anilines is 1. The van der Waals surface area contributed by atoms with Crippen LogP contribution in [0.2, 0.25) is 0 Å². The standard InChI is InChI=1S/C15H22FN3O/c1-4-18-8-9-19(10-11(18)2)15(20)12-6-5-7-13(16)14(12)17-3/h5-7,11,17H,4,8-10H2,1-3H3. The van der Waals surface area contributed by atoms with Crippen molar-refractivity contribution < 1.29 is 9.18 Å². The molecule has 1 aromatic carbocycles. The van der Waals surface area contributed by atoms with Crippen LogP contribution in [0.1, 0.15) is 24.2 Å². The second-order valence-corrected chi connectivity index (χ2v) is 5.14. The first-order valence-corrected chi connectivity index (χ1v) is 7.08. The van der Waals surface area contributed by atoms with E-state index >= 15 is 0 Å². The Kier molecular flexibility index (Phi) is 4.60. The number of carbonyl (C=O) groups is 1. The number of hydrogen-bond donors (Lipinski definition) is 1. The summed E-state index contributed by atoms with van der Waals surface area (Å²) in [5, 5.41) is 2.78. The molecule has 1 amide bonds. The number of piperazine rings is 1. The minimum absolute atomic E-state index is 0.101. The zero-order valence-electron chi connectivity index (χ0n) is 12.3. The lowest BCUT2D eigenvalue weighted by atomic mass is 10.1. The molecule has 0 saturated carbocycles. The SMILES string of the molecule is CCN1CCN(C(=O)c2cccc(F)c2NC)CC1C. The molecule has 1 saturated heterocycles.